The van der Waals surface area contributed by atoms with Gasteiger partial charge in [-0.05, 0) is 6.42 Å². The molecule has 1 aromatic heterocycles. The zero-order chi connectivity index (χ0) is 11.5. The standard InChI is InChI=1S/C11H20N2OS/c1-5-6-13-10(14)7-9(12-13)8-15-11(2,3)4/h7,14H,5-6,8H2,1-4H3. The van der Waals surface area contributed by atoms with E-state index in [0.29, 0.717) is 0 Å². The lowest BCUT2D eigenvalue weighted by molar-refractivity contribution is 0.397. The van der Waals surface area contributed by atoms with E-state index in [0.717, 1.165) is 24.4 Å². The fraction of sp³-hybridized carbons (Fsp3) is 0.727. The molecule has 0 atom stereocenters. The molecule has 0 unspecified atom stereocenters. The number of aromatic nitrogens is 2. The predicted octanol–water partition coefficient (Wildman–Crippen LogP) is 3.03. The van der Waals surface area contributed by atoms with Crippen LogP contribution in [0.1, 0.15) is 39.8 Å². The van der Waals surface area contributed by atoms with E-state index in [1.807, 2.05) is 11.8 Å². The van der Waals surface area contributed by atoms with Gasteiger partial charge in [0, 0.05) is 23.1 Å². The molecule has 86 valence electrons. The third-order valence-corrected chi connectivity index (χ3v) is 3.20. The SMILES string of the molecule is CCCn1nc(CSC(C)(C)C)cc1O. The van der Waals surface area contributed by atoms with Crippen molar-refractivity contribution in [1.82, 2.24) is 9.78 Å². The van der Waals surface area contributed by atoms with E-state index >= 15 is 0 Å². The highest BCUT2D eigenvalue weighted by Gasteiger charge is 2.13. The fourth-order valence-electron chi connectivity index (χ4n) is 1.20. The molecule has 3 nitrogen and oxygen atoms in total. The molecule has 0 aromatic carbocycles. The minimum atomic E-state index is 0.240. The number of hydrogen-bond donors (Lipinski definition) is 1. The van der Waals surface area contributed by atoms with Crippen molar-refractivity contribution in [3.05, 3.63) is 11.8 Å². The molecule has 0 amide bonds. The molecule has 1 aromatic rings. The Labute approximate surface area is 95.9 Å². The van der Waals surface area contributed by atoms with Crippen molar-refractivity contribution in [3.63, 3.8) is 0 Å². The van der Waals surface area contributed by atoms with E-state index in [9.17, 15) is 5.11 Å². The largest absolute Gasteiger partial charge is 0.493 e. The van der Waals surface area contributed by atoms with Crippen LogP contribution >= 0.6 is 11.8 Å². The Bertz CT molecular complexity index is 315. The number of hydrogen-bond acceptors (Lipinski definition) is 3. The Morgan fingerprint density at radius 2 is 2.13 bits per heavy atom. The van der Waals surface area contributed by atoms with Crippen molar-refractivity contribution in [3.8, 4) is 5.88 Å². The van der Waals surface area contributed by atoms with Crippen LogP contribution in [-0.4, -0.2) is 19.6 Å². The normalized spacial score (nSPS) is 12.0. The van der Waals surface area contributed by atoms with Crippen LogP contribution in [0.5, 0.6) is 5.88 Å². The predicted molar refractivity (Wildman–Crippen MR) is 65.2 cm³/mol. The Morgan fingerprint density at radius 1 is 1.47 bits per heavy atom. The van der Waals surface area contributed by atoms with Gasteiger partial charge in [0.25, 0.3) is 0 Å². The minimum absolute atomic E-state index is 0.240. The van der Waals surface area contributed by atoms with Gasteiger partial charge in [-0.15, -0.1) is 11.8 Å². The molecule has 0 aliphatic heterocycles. The summed E-state index contributed by atoms with van der Waals surface area (Å²) in [5, 5.41) is 13.9. The number of nitrogens with zero attached hydrogens (tertiary/aromatic N) is 2. The van der Waals surface area contributed by atoms with E-state index in [4.69, 9.17) is 0 Å². The first kappa shape index (κ1) is 12.4. The first-order valence-electron chi connectivity index (χ1n) is 5.32. The third-order valence-electron chi connectivity index (χ3n) is 1.90. The van der Waals surface area contributed by atoms with Gasteiger partial charge < -0.3 is 5.11 Å². The van der Waals surface area contributed by atoms with Gasteiger partial charge in [-0.3, -0.25) is 0 Å². The zero-order valence-electron chi connectivity index (χ0n) is 9.95. The van der Waals surface area contributed by atoms with Gasteiger partial charge in [0.05, 0.1) is 5.69 Å². The second-order valence-corrected chi connectivity index (χ2v) is 6.42. The molecule has 1 heterocycles. The molecule has 0 aliphatic rings. The van der Waals surface area contributed by atoms with Crippen molar-refractivity contribution in [2.75, 3.05) is 0 Å². The van der Waals surface area contributed by atoms with Crippen molar-refractivity contribution in [2.45, 2.75) is 51.2 Å². The quantitative estimate of drug-likeness (QED) is 0.860. The molecule has 15 heavy (non-hydrogen) atoms. The Morgan fingerprint density at radius 3 is 2.67 bits per heavy atom. The molecule has 0 fully saturated rings. The van der Waals surface area contributed by atoms with Gasteiger partial charge in [-0.1, -0.05) is 27.7 Å². The number of rotatable bonds is 4. The maximum Gasteiger partial charge on any atom is 0.209 e. The fourth-order valence-corrected chi connectivity index (χ4v) is 1.92. The molecular formula is C11H20N2OS. The highest BCUT2D eigenvalue weighted by atomic mass is 32.2. The summed E-state index contributed by atoms with van der Waals surface area (Å²) in [5.74, 6) is 1.13. The van der Waals surface area contributed by atoms with Crippen LogP contribution < -0.4 is 0 Å². The van der Waals surface area contributed by atoms with Gasteiger partial charge >= 0.3 is 0 Å². The highest BCUT2D eigenvalue weighted by Crippen LogP contribution is 2.27. The molecular weight excluding hydrogens is 208 g/mol. The van der Waals surface area contributed by atoms with Gasteiger partial charge in [0.2, 0.25) is 5.88 Å². The van der Waals surface area contributed by atoms with Crippen LogP contribution in [0.15, 0.2) is 6.07 Å². The first-order valence-corrected chi connectivity index (χ1v) is 6.30. The lowest BCUT2D eigenvalue weighted by Gasteiger charge is -2.16. The smallest absolute Gasteiger partial charge is 0.209 e. The Kier molecular flexibility index (Phi) is 4.08. The highest BCUT2D eigenvalue weighted by molar-refractivity contribution is 7.99. The van der Waals surface area contributed by atoms with Gasteiger partial charge in [-0.2, -0.15) is 5.10 Å². The summed E-state index contributed by atoms with van der Waals surface area (Å²) < 4.78 is 1.91. The average molecular weight is 228 g/mol. The van der Waals surface area contributed by atoms with Crippen molar-refractivity contribution < 1.29 is 5.11 Å². The summed E-state index contributed by atoms with van der Waals surface area (Å²) in [6.45, 7) is 9.40. The molecule has 1 rings (SSSR count). The summed E-state index contributed by atoms with van der Waals surface area (Å²) in [6, 6.07) is 1.76. The van der Waals surface area contributed by atoms with Crippen LogP contribution in [0.4, 0.5) is 0 Å². The molecule has 0 aliphatic carbocycles. The summed E-state index contributed by atoms with van der Waals surface area (Å²) in [6.07, 6.45) is 0.987. The lowest BCUT2D eigenvalue weighted by atomic mass is 10.3. The van der Waals surface area contributed by atoms with Gasteiger partial charge in [0.15, 0.2) is 0 Å². The number of aryl methyl sites for hydroxylation is 1. The molecule has 4 heteroatoms. The van der Waals surface area contributed by atoms with Crippen molar-refractivity contribution in [1.29, 1.82) is 0 Å². The molecule has 0 bridgehead atoms. The van der Waals surface area contributed by atoms with E-state index in [-0.39, 0.29) is 10.6 Å². The topological polar surface area (TPSA) is 38.0 Å². The average Bonchev–Trinajstić information content (AvgIpc) is 2.44. The van der Waals surface area contributed by atoms with Crippen LogP contribution in [0.25, 0.3) is 0 Å². The minimum Gasteiger partial charge on any atom is -0.493 e. The van der Waals surface area contributed by atoms with E-state index in [1.165, 1.54) is 0 Å². The Balaban J connectivity index is 2.59. The van der Waals surface area contributed by atoms with Crippen molar-refractivity contribution >= 4 is 11.8 Å². The van der Waals surface area contributed by atoms with Gasteiger partial charge in [0.1, 0.15) is 0 Å². The van der Waals surface area contributed by atoms with Crippen LogP contribution in [-0.2, 0) is 12.3 Å². The van der Waals surface area contributed by atoms with E-state index in [1.54, 1.807) is 10.7 Å². The maximum atomic E-state index is 9.58. The number of aromatic hydroxyl groups is 1. The molecule has 0 spiro atoms. The Hall–Kier alpha value is -0.640. The van der Waals surface area contributed by atoms with Crippen LogP contribution in [0.2, 0.25) is 0 Å². The van der Waals surface area contributed by atoms with E-state index < -0.39 is 0 Å². The monoisotopic (exact) mass is 228 g/mol. The third kappa shape index (κ3) is 4.16. The van der Waals surface area contributed by atoms with E-state index in [2.05, 4.69) is 32.8 Å². The van der Waals surface area contributed by atoms with Gasteiger partial charge in [-0.25, -0.2) is 4.68 Å². The van der Waals surface area contributed by atoms with Crippen LogP contribution in [0, 0.1) is 0 Å². The number of thioether (sulfide) groups is 1. The summed E-state index contributed by atoms with van der Waals surface area (Å²) in [7, 11) is 0. The zero-order valence-corrected chi connectivity index (χ0v) is 10.8. The summed E-state index contributed by atoms with van der Waals surface area (Å²) in [5.41, 5.74) is 0.959. The molecule has 0 saturated heterocycles. The maximum absolute atomic E-state index is 9.58. The molecule has 0 radical (unpaired) electrons. The van der Waals surface area contributed by atoms with Crippen molar-refractivity contribution in [2.24, 2.45) is 0 Å². The molecule has 1 N–H and O–H groups in total. The van der Waals surface area contributed by atoms with Crippen LogP contribution in [0.3, 0.4) is 0 Å². The second kappa shape index (κ2) is 4.92. The second-order valence-electron chi connectivity index (χ2n) is 4.62. The lowest BCUT2D eigenvalue weighted by Crippen LogP contribution is -2.07. The molecule has 0 saturated carbocycles. The summed E-state index contributed by atoms with van der Waals surface area (Å²) >= 11 is 1.84. The summed E-state index contributed by atoms with van der Waals surface area (Å²) in [4.78, 5) is 0. The first-order chi connectivity index (χ1) is 6.92.